The number of nitrogens with one attached hydrogen (secondary N) is 1. The molecule has 1 aliphatic carbocycles. The molecule has 16 heavy (non-hydrogen) atoms. The van der Waals surface area contributed by atoms with Gasteiger partial charge in [0, 0.05) is 11.7 Å². The molecule has 0 bridgehead atoms. The Labute approximate surface area is 99.3 Å². The van der Waals surface area contributed by atoms with E-state index < -0.39 is 0 Å². The Hall–Kier alpha value is -0.980. The van der Waals surface area contributed by atoms with Crippen molar-refractivity contribution < 1.29 is 0 Å². The molecular formula is C15H23N. The third-order valence-corrected chi connectivity index (χ3v) is 4.04. The van der Waals surface area contributed by atoms with Crippen molar-refractivity contribution in [2.75, 3.05) is 5.32 Å². The van der Waals surface area contributed by atoms with Crippen LogP contribution in [0.4, 0.5) is 5.69 Å². The van der Waals surface area contributed by atoms with Crippen molar-refractivity contribution in [2.24, 2.45) is 5.92 Å². The van der Waals surface area contributed by atoms with Gasteiger partial charge in [-0.3, -0.25) is 0 Å². The minimum Gasteiger partial charge on any atom is -0.382 e. The normalized spacial score (nSPS) is 24.7. The predicted octanol–water partition coefficient (Wildman–Crippen LogP) is 4.29. The van der Waals surface area contributed by atoms with Crippen LogP contribution in [0.2, 0.25) is 0 Å². The first-order valence-electron chi connectivity index (χ1n) is 6.54. The second-order valence-corrected chi connectivity index (χ2v) is 5.15. The predicted molar refractivity (Wildman–Crippen MR) is 71.0 cm³/mol. The summed E-state index contributed by atoms with van der Waals surface area (Å²) in [7, 11) is 0. The van der Waals surface area contributed by atoms with Crippen LogP contribution in [0.15, 0.2) is 18.2 Å². The lowest BCUT2D eigenvalue weighted by molar-refractivity contribution is 0.489. The fourth-order valence-electron chi connectivity index (χ4n) is 2.76. The van der Waals surface area contributed by atoms with Gasteiger partial charge in [0.25, 0.3) is 0 Å². The zero-order chi connectivity index (χ0) is 11.5. The Kier molecular flexibility index (Phi) is 3.52. The molecule has 1 heteroatoms. The molecule has 1 nitrogen and oxygen atoms in total. The molecule has 88 valence electrons. The van der Waals surface area contributed by atoms with Crippen LogP contribution < -0.4 is 5.32 Å². The number of hydrogen-bond donors (Lipinski definition) is 1. The van der Waals surface area contributed by atoms with Crippen LogP contribution in [-0.2, 0) is 0 Å². The van der Waals surface area contributed by atoms with Crippen LogP contribution in [0.5, 0.6) is 0 Å². The van der Waals surface area contributed by atoms with Crippen molar-refractivity contribution in [1.29, 1.82) is 0 Å². The van der Waals surface area contributed by atoms with Gasteiger partial charge in [0.05, 0.1) is 0 Å². The van der Waals surface area contributed by atoms with Gasteiger partial charge >= 0.3 is 0 Å². The smallest absolute Gasteiger partial charge is 0.0345 e. The summed E-state index contributed by atoms with van der Waals surface area (Å²) < 4.78 is 0. The Morgan fingerprint density at radius 2 is 2.00 bits per heavy atom. The molecule has 1 saturated carbocycles. The van der Waals surface area contributed by atoms with E-state index in [0.717, 1.165) is 5.92 Å². The lowest BCUT2D eigenvalue weighted by atomic mass is 10.00. The first kappa shape index (κ1) is 11.5. The molecule has 0 aromatic heterocycles. The van der Waals surface area contributed by atoms with E-state index in [1.54, 1.807) is 0 Å². The average molecular weight is 217 g/mol. The molecule has 0 spiro atoms. The van der Waals surface area contributed by atoms with E-state index in [9.17, 15) is 0 Å². The minimum absolute atomic E-state index is 0.701. The maximum Gasteiger partial charge on any atom is 0.0345 e. The number of benzene rings is 1. The Balaban J connectivity index is 2.05. The monoisotopic (exact) mass is 217 g/mol. The van der Waals surface area contributed by atoms with E-state index in [4.69, 9.17) is 0 Å². The van der Waals surface area contributed by atoms with Crippen LogP contribution in [0.3, 0.4) is 0 Å². The summed E-state index contributed by atoms with van der Waals surface area (Å²) in [5.41, 5.74) is 4.06. The standard InChI is InChI=1S/C15H23N/c1-4-13-6-5-7-15(13)16-14-9-8-11(2)12(3)10-14/h8-10,13,15-16H,4-7H2,1-3H3. The molecular weight excluding hydrogens is 194 g/mol. The van der Waals surface area contributed by atoms with Crippen LogP contribution in [0.25, 0.3) is 0 Å². The van der Waals surface area contributed by atoms with Crippen molar-refractivity contribution in [3.63, 3.8) is 0 Å². The van der Waals surface area contributed by atoms with E-state index >= 15 is 0 Å². The first-order chi connectivity index (χ1) is 7.70. The second kappa shape index (κ2) is 4.90. The largest absolute Gasteiger partial charge is 0.382 e. The van der Waals surface area contributed by atoms with Crippen LogP contribution in [0.1, 0.15) is 43.7 Å². The quantitative estimate of drug-likeness (QED) is 0.796. The molecule has 0 heterocycles. The summed E-state index contributed by atoms with van der Waals surface area (Å²) in [6.45, 7) is 6.67. The van der Waals surface area contributed by atoms with Crippen LogP contribution in [0, 0.1) is 19.8 Å². The fraction of sp³-hybridized carbons (Fsp3) is 0.600. The van der Waals surface area contributed by atoms with E-state index in [1.165, 1.54) is 42.5 Å². The van der Waals surface area contributed by atoms with Gasteiger partial charge in [-0.2, -0.15) is 0 Å². The highest BCUT2D eigenvalue weighted by atomic mass is 14.9. The van der Waals surface area contributed by atoms with Gasteiger partial charge in [-0.05, 0) is 55.9 Å². The zero-order valence-electron chi connectivity index (χ0n) is 10.7. The van der Waals surface area contributed by atoms with Crippen LogP contribution in [-0.4, -0.2) is 6.04 Å². The summed E-state index contributed by atoms with van der Waals surface area (Å²) in [5.74, 6) is 0.876. The van der Waals surface area contributed by atoms with Crippen molar-refractivity contribution in [3.05, 3.63) is 29.3 Å². The van der Waals surface area contributed by atoms with Crippen molar-refractivity contribution in [2.45, 2.75) is 52.5 Å². The highest BCUT2D eigenvalue weighted by Gasteiger charge is 2.25. The number of hydrogen-bond acceptors (Lipinski definition) is 1. The summed E-state index contributed by atoms with van der Waals surface area (Å²) in [4.78, 5) is 0. The van der Waals surface area contributed by atoms with Gasteiger partial charge in [0.1, 0.15) is 0 Å². The van der Waals surface area contributed by atoms with Crippen molar-refractivity contribution in [3.8, 4) is 0 Å². The van der Waals surface area contributed by atoms with Gasteiger partial charge in [0.15, 0.2) is 0 Å². The molecule has 1 fully saturated rings. The van der Waals surface area contributed by atoms with Gasteiger partial charge in [-0.1, -0.05) is 25.8 Å². The fourth-order valence-corrected chi connectivity index (χ4v) is 2.76. The third-order valence-electron chi connectivity index (χ3n) is 4.04. The molecule has 2 atom stereocenters. The van der Waals surface area contributed by atoms with Crippen molar-refractivity contribution >= 4 is 5.69 Å². The Bertz CT molecular complexity index is 356. The molecule has 2 rings (SSSR count). The maximum atomic E-state index is 3.71. The zero-order valence-corrected chi connectivity index (χ0v) is 10.7. The SMILES string of the molecule is CCC1CCCC1Nc1ccc(C)c(C)c1. The summed E-state index contributed by atoms with van der Waals surface area (Å²) in [5, 5.41) is 3.71. The summed E-state index contributed by atoms with van der Waals surface area (Å²) >= 11 is 0. The van der Waals surface area contributed by atoms with E-state index in [-0.39, 0.29) is 0 Å². The van der Waals surface area contributed by atoms with E-state index in [2.05, 4.69) is 44.3 Å². The molecule has 0 amide bonds. The van der Waals surface area contributed by atoms with Gasteiger partial charge in [-0.25, -0.2) is 0 Å². The topological polar surface area (TPSA) is 12.0 Å². The minimum atomic E-state index is 0.701. The molecule has 1 N–H and O–H groups in total. The Morgan fingerprint density at radius 1 is 1.19 bits per heavy atom. The second-order valence-electron chi connectivity index (χ2n) is 5.15. The lowest BCUT2D eigenvalue weighted by Gasteiger charge is -2.21. The summed E-state index contributed by atoms with van der Waals surface area (Å²) in [6.07, 6.45) is 5.44. The van der Waals surface area contributed by atoms with Crippen molar-refractivity contribution in [1.82, 2.24) is 0 Å². The highest BCUT2D eigenvalue weighted by molar-refractivity contribution is 5.49. The Morgan fingerprint density at radius 3 is 2.69 bits per heavy atom. The number of rotatable bonds is 3. The number of anilines is 1. The van der Waals surface area contributed by atoms with Gasteiger partial charge in [-0.15, -0.1) is 0 Å². The van der Waals surface area contributed by atoms with Crippen LogP contribution >= 0.6 is 0 Å². The lowest BCUT2D eigenvalue weighted by Crippen LogP contribution is -2.23. The highest BCUT2D eigenvalue weighted by Crippen LogP contribution is 2.31. The molecule has 2 unspecified atom stereocenters. The molecule has 1 aromatic carbocycles. The average Bonchev–Trinajstić information content (AvgIpc) is 2.71. The van der Waals surface area contributed by atoms with Gasteiger partial charge < -0.3 is 5.32 Å². The molecule has 0 aliphatic heterocycles. The van der Waals surface area contributed by atoms with E-state index in [0.29, 0.717) is 6.04 Å². The number of aryl methyl sites for hydroxylation is 2. The summed E-state index contributed by atoms with van der Waals surface area (Å²) in [6, 6.07) is 7.41. The third kappa shape index (κ3) is 2.40. The first-order valence-corrected chi connectivity index (χ1v) is 6.54. The van der Waals surface area contributed by atoms with E-state index in [1.807, 2.05) is 0 Å². The molecule has 1 aromatic rings. The maximum absolute atomic E-state index is 3.71. The molecule has 1 aliphatic rings. The van der Waals surface area contributed by atoms with Gasteiger partial charge in [0.2, 0.25) is 0 Å². The molecule has 0 saturated heterocycles. The molecule has 0 radical (unpaired) electrons.